The van der Waals surface area contributed by atoms with Crippen LogP contribution in [0.2, 0.25) is 0 Å². The number of hydrogen-bond donors (Lipinski definition) is 0. The van der Waals surface area contributed by atoms with E-state index >= 15 is 0 Å². The average molecular weight is 282 g/mol. The maximum Gasteiger partial charge on any atom is 0.0496 e. The molecule has 0 heterocycles. The van der Waals surface area contributed by atoms with E-state index in [4.69, 9.17) is 0 Å². The van der Waals surface area contributed by atoms with Gasteiger partial charge < -0.3 is 0 Å². The van der Waals surface area contributed by atoms with Crippen molar-refractivity contribution in [1.29, 1.82) is 0 Å². The van der Waals surface area contributed by atoms with Crippen molar-refractivity contribution in [3.8, 4) is 11.8 Å². The molecule has 0 spiro atoms. The zero-order valence-corrected chi connectivity index (χ0v) is 12.5. The summed E-state index contributed by atoms with van der Waals surface area (Å²) in [5, 5.41) is 2.54. The zero-order chi connectivity index (χ0) is 15.2. The number of rotatable bonds is 3. The molecule has 22 heavy (non-hydrogen) atoms. The maximum atomic E-state index is 3.89. The Bertz CT molecular complexity index is 827. The Morgan fingerprint density at radius 3 is 2.41 bits per heavy atom. The van der Waals surface area contributed by atoms with Crippen molar-refractivity contribution in [2.75, 3.05) is 0 Å². The third kappa shape index (κ3) is 3.10. The minimum Gasteiger partial charge on any atom is -0.103 e. The Balaban J connectivity index is 2.04. The van der Waals surface area contributed by atoms with Crippen molar-refractivity contribution in [2.45, 2.75) is 12.3 Å². The molecule has 0 bridgehead atoms. The van der Waals surface area contributed by atoms with Crippen LogP contribution >= 0.6 is 0 Å². The molecule has 0 nitrogen and oxygen atoms in total. The fraction of sp³-hybridized carbons (Fsp3) is 0.0909. The predicted molar refractivity (Wildman–Crippen MR) is 94.8 cm³/mol. The Morgan fingerprint density at radius 2 is 1.59 bits per heavy atom. The lowest BCUT2D eigenvalue weighted by Gasteiger charge is -2.12. The van der Waals surface area contributed by atoms with Crippen molar-refractivity contribution >= 4 is 10.8 Å². The monoisotopic (exact) mass is 282 g/mol. The van der Waals surface area contributed by atoms with Gasteiger partial charge in [0, 0.05) is 11.5 Å². The summed E-state index contributed by atoms with van der Waals surface area (Å²) in [7, 11) is 0. The summed E-state index contributed by atoms with van der Waals surface area (Å²) in [5.74, 6) is 6.89. The molecule has 0 heteroatoms. The summed E-state index contributed by atoms with van der Waals surface area (Å²) in [5.41, 5.74) is 2.33. The first-order valence-corrected chi connectivity index (χ1v) is 7.53. The van der Waals surface area contributed by atoms with E-state index in [0.29, 0.717) is 0 Å². The van der Waals surface area contributed by atoms with Crippen molar-refractivity contribution in [3.63, 3.8) is 0 Å². The van der Waals surface area contributed by atoms with Gasteiger partial charge in [-0.05, 0) is 34.9 Å². The van der Waals surface area contributed by atoms with Gasteiger partial charge in [0.15, 0.2) is 0 Å². The molecule has 0 saturated heterocycles. The summed E-state index contributed by atoms with van der Waals surface area (Å²) in [6, 6.07) is 25.0. The summed E-state index contributed by atoms with van der Waals surface area (Å²) in [6.45, 7) is 3.89. The highest BCUT2D eigenvalue weighted by atomic mass is 14.1. The van der Waals surface area contributed by atoms with E-state index < -0.39 is 0 Å². The molecule has 3 aromatic rings. The van der Waals surface area contributed by atoms with Crippen LogP contribution in [0.5, 0.6) is 0 Å². The molecule has 0 aromatic heterocycles. The molecular weight excluding hydrogens is 264 g/mol. The van der Waals surface area contributed by atoms with Gasteiger partial charge in [0.05, 0.1) is 0 Å². The second-order valence-electron chi connectivity index (χ2n) is 5.28. The van der Waals surface area contributed by atoms with Crippen LogP contribution in [-0.4, -0.2) is 0 Å². The lowest BCUT2D eigenvalue weighted by molar-refractivity contribution is 0.904. The first-order chi connectivity index (χ1) is 10.9. The summed E-state index contributed by atoms with van der Waals surface area (Å²) in [6.07, 6.45) is 2.81. The zero-order valence-electron chi connectivity index (χ0n) is 12.5. The van der Waals surface area contributed by atoms with Gasteiger partial charge in [-0.15, -0.1) is 6.58 Å². The van der Waals surface area contributed by atoms with E-state index in [9.17, 15) is 0 Å². The number of fused-ring (bicyclic) bond motifs is 1. The smallest absolute Gasteiger partial charge is 0.0496 e. The molecule has 3 aromatic carbocycles. The molecular formula is C22H18. The molecule has 0 aliphatic heterocycles. The van der Waals surface area contributed by atoms with Crippen LogP contribution in [-0.2, 0) is 0 Å². The van der Waals surface area contributed by atoms with Crippen LogP contribution in [0.25, 0.3) is 10.8 Å². The van der Waals surface area contributed by atoms with Gasteiger partial charge in [0.1, 0.15) is 0 Å². The predicted octanol–water partition coefficient (Wildman–Crippen LogP) is 5.55. The Labute approximate surface area is 132 Å². The van der Waals surface area contributed by atoms with Crippen molar-refractivity contribution < 1.29 is 0 Å². The number of allylic oxidation sites excluding steroid dienone is 1. The van der Waals surface area contributed by atoms with Gasteiger partial charge in [-0.3, -0.25) is 0 Å². The van der Waals surface area contributed by atoms with Crippen LogP contribution in [0, 0.1) is 11.8 Å². The number of hydrogen-bond acceptors (Lipinski definition) is 0. The highest BCUT2D eigenvalue weighted by Crippen LogP contribution is 2.27. The van der Waals surface area contributed by atoms with E-state index in [2.05, 4.69) is 60.9 Å². The summed E-state index contributed by atoms with van der Waals surface area (Å²) < 4.78 is 0. The minimum absolute atomic E-state index is 0.170. The Morgan fingerprint density at radius 1 is 0.864 bits per heavy atom. The average Bonchev–Trinajstić information content (AvgIpc) is 2.59. The molecule has 0 amide bonds. The number of benzene rings is 3. The molecule has 106 valence electrons. The van der Waals surface area contributed by atoms with Gasteiger partial charge in [-0.1, -0.05) is 78.6 Å². The molecule has 1 unspecified atom stereocenters. The molecule has 0 aliphatic rings. The largest absolute Gasteiger partial charge is 0.103 e. The van der Waals surface area contributed by atoms with Crippen molar-refractivity contribution in [2.24, 2.45) is 0 Å². The van der Waals surface area contributed by atoms with Crippen LogP contribution < -0.4 is 0 Å². The van der Waals surface area contributed by atoms with Gasteiger partial charge in [-0.25, -0.2) is 0 Å². The third-order valence-corrected chi connectivity index (χ3v) is 3.77. The maximum absolute atomic E-state index is 3.89. The third-order valence-electron chi connectivity index (χ3n) is 3.77. The fourth-order valence-electron chi connectivity index (χ4n) is 2.68. The van der Waals surface area contributed by atoms with Gasteiger partial charge >= 0.3 is 0 Å². The van der Waals surface area contributed by atoms with Crippen LogP contribution in [0.15, 0.2) is 85.5 Å². The Hall–Kier alpha value is -2.78. The highest BCUT2D eigenvalue weighted by molar-refractivity contribution is 5.86. The first kappa shape index (κ1) is 14.2. The normalized spacial score (nSPS) is 11.5. The van der Waals surface area contributed by atoms with Gasteiger partial charge in [0.25, 0.3) is 0 Å². The van der Waals surface area contributed by atoms with Gasteiger partial charge in [0.2, 0.25) is 0 Å². The molecule has 0 aliphatic carbocycles. The van der Waals surface area contributed by atoms with Crippen molar-refractivity contribution in [3.05, 3.63) is 96.6 Å². The van der Waals surface area contributed by atoms with E-state index in [1.54, 1.807) is 0 Å². The van der Waals surface area contributed by atoms with Crippen LogP contribution in [0.1, 0.15) is 23.5 Å². The Kier molecular flexibility index (Phi) is 4.37. The first-order valence-electron chi connectivity index (χ1n) is 7.53. The SMILES string of the molecule is C=CCC(C#Cc1ccccc1)c1cccc2ccccc12. The van der Waals surface area contributed by atoms with E-state index in [-0.39, 0.29) is 5.92 Å². The van der Waals surface area contributed by atoms with Crippen LogP contribution in [0.3, 0.4) is 0 Å². The highest BCUT2D eigenvalue weighted by Gasteiger charge is 2.10. The van der Waals surface area contributed by atoms with E-state index in [0.717, 1.165) is 12.0 Å². The van der Waals surface area contributed by atoms with Gasteiger partial charge in [-0.2, -0.15) is 0 Å². The van der Waals surface area contributed by atoms with E-state index in [1.807, 2.05) is 36.4 Å². The second kappa shape index (κ2) is 6.78. The molecule has 3 rings (SSSR count). The topological polar surface area (TPSA) is 0 Å². The van der Waals surface area contributed by atoms with E-state index in [1.165, 1.54) is 16.3 Å². The van der Waals surface area contributed by atoms with Crippen LogP contribution in [0.4, 0.5) is 0 Å². The fourth-order valence-corrected chi connectivity index (χ4v) is 2.68. The lowest BCUT2D eigenvalue weighted by atomic mass is 9.91. The summed E-state index contributed by atoms with van der Waals surface area (Å²) >= 11 is 0. The molecule has 0 saturated carbocycles. The molecule has 0 fully saturated rings. The standard InChI is InChI=1S/C22H18/c1-2-9-19(17-16-18-10-4-3-5-11-18)22-15-8-13-20-12-6-7-14-21(20)22/h2-8,10-15,19H,1,9H2. The molecule has 1 atom stereocenters. The molecule has 0 N–H and O–H groups in total. The quantitative estimate of drug-likeness (QED) is 0.436. The van der Waals surface area contributed by atoms with Crippen molar-refractivity contribution in [1.82, 2.24) is 0 Å². The minimum atomic E-state index is 0.170. The lowest BCUT2D eigenvalue weighted by Crippen LogP contribution is -1.96. The second-order valence-corrected chi connectivity index (χ2v) is 5.28. The molecule has 0 radical (unpaired) electrons. The summed E-state index contributed by atoms with van der Waals surface area (Å²) in [4.78, 5) is 0.